The predicted octanol–water partition coefficient (Wildman–Crippen LogP) is 3.17. The van der Waals surface area contributed by atoms with E-state index < -0.39 is 64.7 Å². The van der Waals surface area contributed by atoms with E-state index in [1.807, 2.05) is 0 Å². The minimum absolute atomic E-state index is 0.191. The van der Waals surface area contributed by atoms with Gasteiger partial charge in [0.15, 0.2) is 17.2 Å². The normalized spacial score (nSPS) is 18.1. The molecule has 0 aliphatic carbocycles. The number of aliphatic hydroxyl groups is 2. The van der Waals surface area contributed by atoms with Crippen molar-refractivity contribution in [3.05, 3.63) is 81.9 Å². The van der Waals surface area contributed by atoms with Crippen molar-refractivity contribution >= 4 is 23.6 Å². The third-order valence-electron chi connectivity index (χ3n) is 5.89. The number of hydrogen-bond donors (Lipinski definition) is 4. The second-order valence-corrected chi connectivity index (χ2v) is 8.44. The van der Waals surface area contributed by atoms with Gasteiger partial charge in [-0.15, -0.1) is 0 Å². The Hall–Kier alpha value is -3.93. The number of ether oxygens (including phenoxy) is 3. The molecule has 12 heteroatoms. The second kappa shape index (κ2) is 10.2. The molecular weight excluding hydrogens is 514 g/mol. The average Bonchev–Trinajstić information content (AvgIpc) is 3.15. The first-order valence-electron chi connectivity index (χ1n) is 10.9. The monoisotopic (exact) mass is 534 g/mol. The van der Waals surface area contributed by atoms with Gasteiger partial charge < -0.3 is 35.9 Å². The number of carbonyl (C=O) groups is 2. The summed E-state index contributed by atoms with van der Waals surface area (Å²) in [5.41, 5.74) is 7.56. The maximum atomic E-state index is 15.8. The van der Waals surface area contributed by atoms with Crippen molar-refractivity contribution in [2.24, 2.45) is 11.5 Å². The number of halogens is 3. The van der Waals surface area contributed by atoms with Crippen molar-refractivity contribution in [3.63, 3.8) is 0 Å². The lowest BCUT2D eigenvalue weighted by Gasteiger charge is -2.31. The Bertz CT molecular complexity index is 1370. The van der Waals surface area contributed by atoms with E-state index in [0.29, 0.717) is 5.56 Å². The number of nitrogens with two attached hydrogens (primary N) is 2. The van der Waals surface area contributed by atoms with Gasteiger partial charge in [0.25, 0.3) is 0 Å². The van der Waals surface area contributed by atoms with E-state index in [0.717, 1.165) is 18.2 Å². The maximum Gasteiger partial charge on any atom is 0.404 e. The molecule has 0 saturated carbocycles. The molecule has 3 aromatic carbocycles. The minimum Gasteiger partial charge on any atom is -0.488 e. The molecule has 6 N–H and O–H groups in total. The Morgan fingerprint density at radius 3 is 2.43 bits per heavy atom. The molecule has 1 heterocycles. The molecule has 194 valence electrons. The summed E-state index contributed by atoms with van der Waals surface area (Å²) in [7, 11) is 0. The van der Waals surface area contributed by atoms with Crippen LogP contribution in [0.1, 0.15) is 27.6 Å². The van der Waals surface area contributed by atoms with Crippen LogP contribution in [0, 0.1) is 11.6 Å². The number of carbonyl (C=O) groups excluding carboxylic acids is 2. The van der Waals surface area contributed by atoms with Gasteiger partial charge in [-0.2, -0.15) is 0 Å². The van der Waals surface area contributed by atoms with E-state index >= 15 is 8.78 Å². The van der Waals surface area contributed by atoms with Crippen LogP contribution in [-0.4, -0.2) is 42.0 Å². The number of rotatable bonds is 8. The lowest BCUT2D eigenvalue weighted by atomic mass is 9.83. The van der Waals surface area contributed by atoms with Crippen LogP contribution >= 0.6 is 11.6 Å². The van der Waals surface area contributed by atoms with Gasteiger partial charge in [-0.25, -0.2) is 13.6 Å². The Labute approximate surface area is 214 Å². The zero-order valence-electron chi connectivity index (χ0n) is 19.0. The summed E-state index contributed by atoms with van der Waals surface area (Å²) in [5, 5.41) is 20.0. The highest BCUT2D eigenvalue weighted by Gasteiger charge is 2.53. The summed E-state index contributed by atoms with van der Waals surface area (Å²) in [6.45, 7) is -1.32. The maximum absolute atomic E-state index is 15.8. The lowest BCUT2D eigenvalue weighted by Crippen LogP contribution is -2.41. The summed E-state index contributed by atoms with van der Waals surface area (Å²) < 4.78 is 47.0. The molecule has 0 saturated heterocycles. The number of amides is 2. The third kappa shape index (κ3) is 4.52. The van der Waals surface area contributed by atoms with Crippen molar-refractivity contribution < 1.29 is 42.8 Å². The number of hydrogen-bond acceptors (Lipinski definition) is 7. The zero-order chi connectivity index (χ0) is 26.9. The molecule has 0 aromatic heterocycles. The topological polar surface area (TPSA) is 154 Å². The van der Waals surface area contributed by atoms with E-state index in [4.69, 9.17) is 42.4 Å². The first-order chi connectivity index (χ1) is 17.6. The van der Waals surface area contributed by atoms with Crippen LogP contribution < -0.4 is 20.9 Å². The number of fused-ring (bicyclic) bond motifs is 1. The fraction of sp³-hybridized carbons (Fsp3) is 0.200. The quantitative estimate of drug-likeness (QED) is 0.346. The average molecular weight is 535 g/mol. The molecular formula is C25H21ClF2N2O7. The number of aliphatic hydroxyl groups excluding tert-OH is 2. The molecule has 1 aliphatic rings. The minimum atomic E-state index is -1.83. The van der Waals surface area contributed by atoms with Gasteiger partial charge >= 0.3 is 6.09 Å². The van der Waals surface area contributed by atoms with Crippen molar-refractivity contribution in [1.29, 1.82) is 0 Å². The van der Waals surface area contributed by atoms with Crippen molar-refractivity contribution in [2.75, 3.05) is 19.8 Å². The number of primary amides is 2. The Kier molecular flexibility index (Phi) is 7.21. The van der Waals surface area contributed by atoms with Crippen LogP contribution in [0.15, 0.2) is 48.5 Å². The molecule has 1 aliphatic heterocycles. The SMILES string of the molecule is NC(=O)OCC1(c2ccccc2)Oc2cc(F)c(Cl)c(-c3c(C(N)=O)ccc(OCCO)c3F)c2C1O. The van der Waals surface area contributed by atoms with Gasteiger partial charge in [0.05, 0.1) is 17.2 Å². The Morgan fingerprint density at radius 2 is 1.81 bits per heavy atom. The van der Waals surface area contributed by atoms with E-state index in [1.165, 1.54) is 0 Å². The van der Waals surface area contributed by atoms with Gasteiger partial charge in [-0.3, -0.25) is 4.79 Å². The van der Waals surface area contributed by atoms with E-state index in [1.54, 1.807) is 30.3 Å². The summed E-state index contributed by atoms with van der Waals surface area (Å²) >= 11 is 6.30. The zero-order valence-corrected chi connectivity index (χ0v) is 19.8. The van der Waals surface area contributed by atoms with E-state index in [-0.39, 0.29) is 29.2 Å². The molecule has 0 radical (unpaired) electrons. The summed E-state index contributed by atoms with van der Waals surface area (Å²) in [4.78, 5) is 23.7. The Balaban J connectivity index is 2.01. The Morgan fingerprint density at radius 1 is 1.11 bits per heavy atom. The molecule has 0 bridgehead atoms. The second-order valence-electron chi connectivity index (χ2n) is 8.06. The van der Waals surface area contributed by atoms with Crippen LogP contribution in [0.3, 0.4) is 0 Å². The fourth-order valence-corrected chi connectivity index (χ4v) is 4.53. The van der Waals surface area contributed by atoms with Crippen molar-refractivity contribution in [2.45, 2.75) is 11.7 Å². The summed E-state index contributed by atoms with van der Waals surface area (Å²) in [6.07, 6.45) is -2.89. The highest BCUT2D eigenvalue weighted by Crippen LogP contribution is 2.55. The molecule has 4 rings (SSSR count). The van der Waals surface area contributed by atoms with Gasteiger partial charge in [-0.05, 0) is 12.1 Å². The molecule has 2 amide bonds. The molecule has 37 heavy (non-hydrogen) atoms. The smallest absolute Gasteiger partial charge is 0.404 e. The standard InChI is InChI=1S/C25H21ClF2N2O7/c26-20-14(27)10-16-18(19(20)17-13(23(29)33)6-7-15(21(17)28)35-9-8-31)22(32)25(37-16,11-36-24(30)34)12-4-2-1-3-5-12/h1-7,10,22,31-32H,8-9,11H2,(H2,29,33)(H2,30,34). The summed E-state index contributed by atoms with van der Waals surface area (Å²) in [5.74, 6) is -3.91. The van der Waals surface area contributed by atoms with Gasteiger partial charge in [-0.1, -0.05) is 41.9 Å². The van der Waals surface area contributed by atoms with Crippen molar-refractivity contribution in [1.82, 2.24) is 0 Å². The molecule has 0 spiro atoms. The van der Waals surface area contributed by atoms with Gasteiger partial charge in [0, 0.05) is 28.3 Å². The molecule has 9 nitrogen and oxygen atoms in total. The highest BCUT2D eigenvalue weighted by molar-refractivity contribution is 6.34. The highest BCUT2D eigenvalue weighted by atomic mass is 35.5. The van der Waals surface area contributed by atoms with Crippen LogP contribution in [0.4, 0.5) is 13.6 Å². The van der Waals surface area contributed by atoms with Crippen LogP contribution in [0.5, 0.6) is 11.5 Å². The lowest BCUT2D eigenvalue weighted by molar-refractivity contribution is -0.0710. The molecule has 3 aromatic rings. The fourth-order valence-electron chi connectivity index (χ4n) is 4.28. The van der Waals surface area contributed by atoms with Crippen LogP contribution in [0.2, 0.25) is 5.02 Å². The first kappa shape index (κ1) is 26.1. The first-order valence-corrected chi connectivity index (χ1v) is 11.2. The van der Waals surface area contributed by atoms with Crippen LogP contribution in [-0.2, 0) is 10.3 Å². The molecule has 2 unspecified atom stereocenters. The van der Waals surface area contributed by atoms with Crippen molar-refractivity contribution in [3.8, 4) is 22.6 Å². The van der Waals surface area contributed by atoms with Crippen LogP contribution in [0.25, 0.3) is 11.1 Å². The van der Waals surface area contributed by atoms with Gasteiger partial charge in [0.1, 0.15) is 30.9 Å². The van der Waals surface area contributed by atoms with E-state index in [2.05, 4.69) is 0 Å². The molecule has 2 atom stereocenters. The van der Waals surface area contributed by atoms with Gasteiger partial charge in [0.2, 0.25) is 5.91 Å². The third-order valence-corrected chi connectivity index (χ3v) is 6.26. The predicted molar refractivity (Wildman–Crippen MR) is 127 cm³/mol. The number of benzene rings is 3. The summed E-state index contributed by atoms with van der Waals surface area (Å²) in [6, 6.07) is 11.2. The molecule has 0 fully saturated rings. The largest absolute Gasteiger partial charge is 0.488 e. The van der Waals surface area contributed by atoms with E-state index in [9.17, 15) is 14.7 Å².